The molecule has 1 saturated heterocycles. The molecule has 118 valence electrons. The zero-order valence-corrected chi connectivity index (χ0v) is 11.7. The Morgan fingerprint density at radius 3 is 2.40 bits per heavy atom. The summed E-state index contributed by atoms with van der Waals surface area (Å²) in [6.45, 7) is 0.998. The third-order valence-corrected chi connectivity index (χ3v) is 4.91. The zero-order valence-electron chi connectivity index (χ0n) is 10.9. The second kappa shape index (κ2) is 6.17. The molecule has 2 fully saturated rings. The maximum Gasteiger partial charge on any atom is 0.390 e. The van der Waals surface area contributed by atoms with Crippen LogP contribution in [0, 0.1) is 0 Å². The third kappa shape index (κ3) is 4.87. The quantitative estimate of drug-likeness (QED) is 0.846. The molecule has 0 aromatic carbocycles. The molecule has 2 rings (SSSR count). The molecule has 0 amide bonds. The number of rotatable bonds is 4. The minimum atomic E-state index is -4.47. The monoisotopic (exact) mass is 317 g/mol. The van der Waals surface area contributed by atoms with Crippen LogP contribution in [-0.4, -0.2) is 51.8 Å². The van der Waals surface area contributed by atoms with Gasteiger partial charge in [0, 0.05) is 6.04 Å². The first kappa shape index (κ1) is 16.0. The van der Waals surface area contributed by atoms with Gasteiger partial charge in [-0.2, -0.15) is 13.2 Å². The van der Waals surface area contributed by atoms with Crippen LogP contribution in [0.25, 0.3) is 0 Å². The van der Waals surface area contributed by atoms with Gasteiger partial charge in [0.15, 0.2) is 0 Å². The van der Waals surface area contributed by atoms with Crippen LogP contribution in [0.1, 0.15) is 25.7 Å². The van der Waals surface area contributed by atoms with E-state index in [0.717, 1.165) is 0 Å². The summed E-state index contributed by atoms with van der Waals surface area (Å²) in [4.78, 5) is 0. The summed E-state index contributed by atoms with van der Waals surface area (Å²) in [6.07, 6.45) is -4.36. The van der Waals surface area contributed by atoms with E-state index in [1.54, 1.807) is 0 Å². The normalized spacial score (nSPS) is 31.9. The van der Waals surface area contributed by atoms with Crippen LogP contribution >= 0.6 is 0 Å². The minimum absolute atomic E-state index is 0.0281. The second-order valence-corrected chi connectivity index (χ2v) is 7.00. The van der Waals surface area contributed by atoms with E-state index in [1.807, 2.05) is 0 Å². The Hall–Kier alpha value is -0.380. The number of nitrogens with one attached hydrogen (secondary N) is 1. The molecule has 1 aliphatic carbocycles. The highest BCUT2D eigenvalue weighted by Gasteiger charge is 2.36. The van der Waals surface area contributed by atoms with Gasteiger partial charge in [-0.1, -0.05) is 0 Å². The van der Waals surface area contributed by atoms with E-state index >= 15 is 0 Å². The van der Waals surface area contributed by atoms with E-state index in [9.17, 15) is 21.6 Å². The molecule has 0 aromatic rings. The SMILES string of the molecule is O=S(=O)(CCC(F)(F)F)NC1CCC2OCCOC2C1. The lowest BCUT2D eigenvalue weighted by Gasteiger charge is -2.38. The minimum Gasteiger partial charge on any atom is -0.373 e. The summed E-state index contributed by atoms with van der Waals surface area (Å²) < 4.78 is 72.8. The fourth-order valence-electron chi connectivity index (χ4n) is 2.54. The molecular weight excluding hydrogens is 299 g/mol. The molecule has 1 heterocycles. The molecule has 1 saturated carbocycles. The first-order valence-corrected chi connectivity index (χ1v) is 8.20. The summed E-state index contributed by atoms with van der Waals surface area (Å²) in [5, 5.41) is 0. The van der Waals surface area contributed by atoms with Crippen molar-refractivity contribution in [2.45, 2.75) is 50.1 Å². The van der Waals surface area contributed by atoms with Gasteiger partial charge in [0.05, 0.1) is 37.6 Å². The van der Waals surface area contributed by atoms with Crippen molar-refractivity contribution in [2.75, 3.05) is 19.0 Å². The van der Waals surface area contributed by atoms with Gasteiger partial charge in [-0.05, 0) is 19.3 Å². The number of halogens is 3. The Labute approximate surface area is 115 Å². The summed E-state index contributed by atoms with van der Waals surface area (Å²) in [6, 6.07) is -0.379. The Morgan fingerprint density at radius 2 is 1.75 bits per heavy atom. The van der Waals surface area contributed by atoms with E-state index in [-0.39, 0.29) is 18.2 Å². The lowest BCUT2D eigenvalue weighted by Crippen LogP contribution is -2.49. The first-order chi connectivity index (χ1) is 9.25. The van der Waals surface area contributed by atoms with Crippen molar-refractivity contribution in [1.82, 2.24) is 4.72 Å². The van der Waals surface area contributed by atoms with Crippen LogP contribution in [0.2, 0.25) is 0 Å². The lowest BCUT2D eigenvalue weighted by atomic mass is 9.90. The van der Waals surface area contributed by atoms with Crippen molar-refractivity contribution in [3.63, 3.8) is 0 Å². The van der Waals surface area contributed by atoms with Gasteiger partial charge >= 0.3 is 6.18 Å². The molecule has 5 nitrogen and oxygen atoms in total. The highest BCUT2D eigenvalue weighted by Crippen LogP contribution is 2.27. The predicted molar refractivity (Wildman–Crippen MR) is 64.7 cm³/mol. The second-order valence-electron chi connectivity index (χ2n) is 5.13. The third-order valence-electron chi connectivity index (χ3n) is 3.48. The number of fused-ring (bicyclic) bond motifs is 1. The van der Waals surface area contributed by atoms with E-state index < -0.39 is 28.4 Å². The molecule has 3 unspecified atom stereocenters. The summed E-state index contributed by atoms with van der Waals surface area (Å²) in [5.41, 5.74) is 0. The molecule has 20 heavy (non-hydrogen) atoms. The summed E-state index contributed by atoms with van der Waals surface area (Å²) in [7, 11) is -3.92. The molecule has 0 aromatic heterocycles. The largest absolute Gasteiger partial charge is 0.390 e. The molecule has 0 spiro atoms. The molecule has 1 aliphatic heterocycles. The molecule has 2 aliphatic rings. The van der Waals surface area contributed by atoms with E-state index in [2.05, 4.69) is 4.72 Å². The number of ether oxygens (including phenoxy) is 2. The fourth-order valence-corrected chi connectivity index (χ4v) is 3.88. The molecule has 0 bridgehead atoms. The van der Waals surface area contributed by atoms with Gasteiger partial charge in [0.2, 0.25) is 10.0 Å². The van der Waals surface area contributed by atoms with Crippen LogP contribution in [0.15, 0.2) is 0 Å². The molecule has 9 heteroatoms. The molecule has 0 radical (unpaired) electrons. The smallest absolute Gasteiger partial charge is 0.373 e. The van der Waals surface area contributed by atoms with Gasteiger partial charge in [-0.25, -0.2) is 13.1 Å². The number of sulfonamides is 1. The maximum atomic E-state index is 12.1. The van der Waals surface area contributed by atoms with Gasteiger partial charge in [0.25, 0.3) is 0 Å². The van der Waals surface area contributed by atoms with Gasteiger partial charge in [-0.15, -0.1) is 0 Å². The number of hydrogen-bond donors (Lipinski definition) is 1. The van der Waals surface area contributed by atoms with E-state index in [1.165, 1.54) is 0 Å². The number of alkyl halides is 3. The molecule has 1 N–H and O–H groups in total. The van der Waals surface area contributed by atoms with Crippen molar-refractivity contribution in [3.05, 3.63) is 0 Å². The van der Waals surface area contributed by atoms with Crippen molar-refractivity contribution in [3.8, 4) is 0 Å². The average molecular weight is 317 g/mol. The Morgan fingerprint density at radius 1 is 1.10 bits per heavy atom. The van der Waals surface area contributed by atoms with Crippen molar-refractivity contribution in [2.24, 2.45) is 0 Å². The maximum absolute atomic E-state index is 12.1. The van der Waals surface area contributed by atoms with Gasteiger partial charge < -0.3 is 9.47 Å². The highest BCUT2D eigenvalue weighted by molar-refractivity contribution is 7.89. The molecular formula is C11H18F3NO4S. The van der Waals surface area contributed by atoms with Crippen molar-refractivity contribution < 1.29 is 31.1 Å². The average Bonchev–Trinajstić information content (AvgIpc) is 2.35. The topological polar surface area (TPSA) is 64.6 Å². The van der Waals surface area contributed by atoms with Crippen LogP contribution in [0.3, 0.4) is 0 Å². The summed E-state index contributed by atoms with van der Waals surface area (Å²) >= 11 is 0. The Bertz CT molecular complexity index is 426. The fraction of sp³-hybridized carbons (Fsp3) is 1.00. The van der Waals surface area contributed by atoms with Crippen LogP contribution in [0.5, 0.6) is 0 Å². The summed E-state index contributed by atoms with van der Waals surface area (Å²) in [5.74, 6) is -0.932. The van der Waals surface area contributed by atoms with Gasteiger partial charge in [-0.3, -0.25) is 0 Å². The first-order valence-electron chi connectivity index (χ1n) is 6.55. The number of hydrogen-bond acceptors (Lipinski definition) is 4. The van der Waals surface area contributed by atoms with Gasteiger partial charge in [0.1, 0.15) is 0 Å². The lowest BCUT2D eigenvalue weighted by molar-refractivity contribution is -0.156. The van der Waals surface area contributed by atoms with Crippen molar-refractivity contribution in [1.29, 1.82) is 0 Å². The predicted octanol–water partition coefficient (Wildman–Crippen LogP) is 1.19. The van der Waals surface area contributed by atoms with Crippen LogP contribution in [0.4, 0.5) is 13.2 Å². The highest BCUT2D eigenvalue weighted by atomic mass is 32.2. The Balaban J connectivity index is 1.83. The molecule has 3 atom stereocenters. The van der Waals surface area contributed by atoms with Crippen LogP contribution in [-0.2, 0) is 19.5 Å². The van der Waals surface area contributed by atoms with E-state index in [0.29, 0.717) is 32.5 Å². The Kier molecular flexibility index (Phi) is 4.93. The standard InChI is InChI=1S/C11H18F3NO4S/c12-11(13,14)3-6-20(16,17)15-8-1-2-9-10(7-8)19-5-4-18-9/h8-10,15H,1-7H2. The van der Waals surface area contributed by atoms with Crippen LogP contribution < -0.4 is 4.72 Å². The van der Waals surface area contributed by atoms with E-state index in [4.69, 9.17) is 9.47 Å². The zero-order chi connectivity index (χ0) is 14.8. The van der Waals surface area contributed by atoms with Crippen molar-refractivity contribution >= 4 is 10.0 Å².